The molecule has 2 amide bonds. The lowest BCUT2D eigenvalue weighted by atomic mass is 10.1. The number of aromatic nitrogens is 2. The maximum Gasteiger partial charge on any atom is 0.242 e. The minimum atomic E-state index is 0.0471. The Hall–Kier alpha value is -3.00. The second-order valence-corrected chi connectivity index (χ2v) is 9.43. The Bertz CT molecular complexity index is 959. The molecular weight excluding hydrogens is 440 g/mol. The molecule has 0 N–H and O–H groups in total. The van der Waals surface area contributed by atoms with Crippen LogP contribution in [0.1, 0.15) is 33.1 Å². The average Bonchev–Trinajstić information content (AvgIpc) is 3.76. The van der Waals surface area contributed by atoms with Crippen LogP contribution in [0.5, 0.6) is 0 Å². The van der Waals surface area contributed by atoms with Crippen molar-refractivity contribution >= 4 is 17.6 Å². The summed E-state index contributed by atoms with van der Waals surface area (Å²) in [5.41, 5.74) is 1.90. The van der Waals surface area contributed by atoms with E-state index in [0.29, 0.717) is 26.2 Å². The molecule has 1 aliphatic heterocycles. The number of amides is 2. The summed E-state index contributed by atoms with van der Waals surface area (Å²) in [4.78, 5) is 34.3. The molecule has 2 heterocycles. The van der Waals surface area contributed by atoms with Crippen LogP contribution in [0.4, 0.5) is 5.82 Å². The van der Waals surface area contributed by atoms with E-state index in [4.69, 9.17) is 0 Å². The van der Waals surface area contributed by atoms with Gasteiger partial charge in [0.05, 0.1) is 12.2 Å². The highest BCUT2D eigenvalue weighted by Crippen LogP contribution is 2.31. The molecule has 8 nitrogen and oxygen atoms in total. The van der Waals surface area contributed by atoms with Crippen LogP contribution in [0, 0.1) is 5.92 Å². The third-order valence-electron chi connectivity index (χ3n) is 7.04. The van der Waals surface area contributed by atoms with Crippen molar-refractivity contribution in [3.05, 3.63) is 42.5 Å². The number of benzene rings is 1. The fourth-order valence-corrected chi connectivity index (χ4v) is 4.57. The summed E-state index contributed by atoms with van der Waals surface area (Å²) in [5, 5.41) is 8.88. The highest BCUT2D eigenvalue weighted by molar-refractivity contribution is 5.87. The molecule has 2 aromatic rings. The van der Waals surface area contributed by atoms with E-state index in [9.17, 15) is 9.59 Å². The molecule has 4 rings (SSSR count). The summed E-state index contributed by atoms with van der Waals surface area (Å²) in [6.45, 7) is 10.6. The number of anilines is 1. The van der Waals surface area contributed by atoms with Crippen molar-refractivity contribution < 1.29 is 9.59 Å². The van der Waals surface area contributed by atoms with Crippen LogP contribution in [0.2, 0.25) is 0 Å². The van der Waals surface area contributed by atoms with Gasteiger partial charge in [0.2, 0.25) is 11.8 Å². The molecule has 0 bridgehead atoms. The van der Waals surface area contributed by atoms with Gasteiger partial charge in [-0.05, 0) is 44.5 Å². The average molecular weight is 479 g/mol. The van der Waals surface area contributed by atoms with Gasteiger partial charge in [-0.1, -0.05) is 44.2 Å². The second kappa shape index (κ2) is 12.1. The van der Waals surface area contributed by atoms with E-state index < -0.39 is 0 Å². The molecule has 1 aromatic carbocycles. The Labute approximate surface area is 208 Å². The summed E-state index contributed by atoms with van der Waals surface area (Å²) in [5.74, 6) is 1.15. The summed E-state index contributed by atoms with van der Waals surface area (Å²) in [6, 6.07) is 14.0. The molecule has 1 aliphatic carbocycles. The summed E-state index contributed by atoms with van der Waals surface area (Å²) >= 11 is 0. The van der Waals surface area contributed by atoms with Crippen LogP contribution >= 0.6 is 0 Å². The van der Waals surface area contributed by atoms with Gasteiger partial charge in [-0.25, -0.2) is 0 Å². The molecule has 0 radical (unpaired) electrons. The third kappa shape index (κ3) is 6.78. The van der Waals surface area contributed by atoms with Crippen molar-refractivity contribution in [3.8, 4) is 11.3 Å². The van der Waals surface area contributed by atoms with Crippen LogP contribution in [0.25, 0.3) is 11.3 Å². The zero-order valence-electron chi connectivity index (χ0n) is 21.1. The number of rotatable bonds is 10. The normalized spacial score (nSPS) is 16.3. The predicted octanol–water partition coefficient (Wildman–Crippen LogP) is 2.76. The molecule has 2 aliphatic rings. The highest BCUT2D eigenvalue weighted by Gasteiger charge is 2.35. The molecule has 0 spiro atoms. The Balaban J connectivity index is 1.33. The van der Waals surface area contributed by atoms with Crippen molar-refractivity contribution in [3.63, 3.8) is 0 Å². The van der Waals surface area contributed by atoms with Crippen LogP contribution in [0.3, 0.4) is 0 Å². The number of likely N-dealkylation sites (N-methyl/N-ethyl adjacent to an activating group) is 1. The first-order valence-corrected chi connectivity index (χ1v) is 13.0. The van der Waals surface area contributed by atoms with E-state index in [1.54, 1.807) is 4.90 Å². The number of carbonyl (C=O) groups excluding carboxylic acids is 2. The monoisotopic (exact) mass is 478 g/mol. The highest BCUT2D eigenvalue weighted by atomic mass is 16.2. The molecule has 0 unspecified atom stereocenters. The van der Waals surface area contributed by atoms with Gasteiger partial charge in [0.15, 0.2) is 5.82 Å². The number of hydrogen-bond acceptors (Lipinski definition) is 6. The smallest absolute Gasteiger partial charge is 0.242 e. The van der Waals surface area contributed by atoms with E-state index in [1.807, 2.05) is 47.4 Å². The minimum absolute atomic E-state index is 0.0471. The zero-order chi connectivity index (χ0) is 24.6. The van der Waals surface area contributed by atoms with Gasteiger partial charge >= 0.3 is 0 Å². The first-order chi connectivity index (χ1) is 17.1. The maximum atomic E-state index is 13.2. The van der Waals surface area contributed by atoms with Crippen LogP contribution in [-0.4, -0.2) is 95.6 Å². The molecule has 1 saturated carbocycles. The molecule has 1 aromatic heterocycles. The summed E-state index contributed by atoms with van der Waals surface area (Å²) in [7, 11) is 0. The Morgan fingerprint density at radius 2 is 1.69 bits per heavy atom. The van der Waals surface area contributed by atoms with Gasteiger partial charge in [-0.15, -0.1) is 10.2 Å². The summed E-state index contributed by atoms with van der Waals surface area (Å²) < 4.78 is 0. The third-order valence-corrected chi connectivity index (χ3v) is 7.04. The van der Waals surface area contributed by atoms with E-state index in [1.165, 1.54) is 0 Å². The fraction of sp³-hybridized carbons (Fsp3) is 0.556. The number of hydrogen-bond donors (Lipinski definition) is 0. The standard InChI is InChI=1S/C27H38N6O2/c1-3-30(4-2)17-18-33(27(35)23-11-12-23)21-26(34)32-16-8-15-31(19-20-32)25-14-13-24(28-29-25)22-9-6-5-7-10-22/h5-7,9-10,13-14,23H,3-4,8,11-12,15-21H2,1-2H3. The Morgan fingerprint density at radius 3 is 2.34 bits per heavy atom. The van der Waals surface area contributed by atoms with Crippen molar-refractivity contribution in [2.75, 3.05) is 63.8 Å². The predicted molar refractivity (Wildman–Crippen MR) is 138 cm³/mol. The summed E-state index contributed by atoms with van der Waals surface area (Å²) in [6.07, 6.45) is 2.78. The Morgan fingerprint density at radius 1 is 0.914 bits per heavy atom. The first kappa shape index (κ1) is 25.1. The van der Waals surface area contributed by atoms with Crippen molar-refractivity contribution in [1.82, 2.24) is 24.9 Å². The van der Waals surface area contributed by atoms with Crippen LogP contribution in [-0.2, 0) is 9.59 Å². The lowest BCUT2D eigenvalue weighted by molar-refractivity contribution is -0.141. The van der Waals surface area contributed by atoms with Gasteiger partial charge < -0.3 is 19.6 Å². The van der Waals surface area contributed by atoms with Crippen LogP contribution in [0.15, 0.2) is 42.5 Å². The van der Waals surface area contributed by atoms with E-state index in [2.05, 4.69) is 33.8 Å². The zero-order valence-corrected chi connectivity index (χ0v) is 21.1. The van der Waals surface area contributed by atoms with Gasteiger partial charge in [0, 0.05) is 50.7 Å². The van der Waals surface area contributed by atoms with Gasteiger partial charge in [-0.2, -0.15) is 0 Å². The van der Waals surface area contributed by atoms with E-state index >= 15 is 0 Å². The van der Waals surface area contributed by atoms with E-state index in [-0.39, 0.29) is 24.3 Å². The molecule has 188 valence electrons. The largest absolute Gasteiger partial charge is 0.353 e. The van der Waals surface area contributed by atoms with Crippen molar-refractivity contribution in [2.24, 2.45) is 5.92 Å². The lowest BCUT2D eigenvalue weighted by Crippen LogP contribution is -2.47. The topological polar surface area (TPSA) is 72.9 Å². The number of nitrogens with zero attached hydrogens (tertiary/aromatic N) is 6. The first-order valence-electron chi connectivity index (χ1n) is 13.0. The molecule has 2 fully saturated rings. The molecule has 35 heavy (non-hydrogen) atoms. The van der Waals surface area contributed by atoms with Gasteiger partial charge in [0.1, 0.15) is 0 Å². The van der Waals surface area contributed by atoms with Gasteiger partial charge in [0.25, 0.3) is 0 Å². The van der Waals surface area contributed by atoms with Crippen LogP contribution < -0.4 is 4.90 Å². The molecule has 0 atom stereocenters. The van der Waals surface area contributed by atoms with Crippen molar-refractivity contribution in [1.29, 1.82) is 0 Å². The minimum Gasteiger partial charge on any atom is -0.353 e. The van der Waals surface area contributed by atoms with E-state index in [0.717, 1.165) is 62.5 Å². The number of carbonyl (C=O) groups is 2. The SMILES string of the molecule is CCN(CC)CCN(CC(=O)N1CCCN(c2ccc(-c3ccccc3)nn2)CC1)C(=O)C1CC1. The lowest BCUT2D eigenvalue weighted by Gasteiger charge is -2.29. The Kier molecular flexibility index (Phi) is 8.69. The van der Waals surface area contributed by atoms with Gasteiger partial charge in [-0.3, -0.25) is 9.59 Å². The maximum absolute atomic E-state index is 13.2. The second-order valence-electron chi connectivity index (χ2n) is 9.43. The quantitative estimate of drug-likeness (QED) is 0.523. The molecule has 8 heteroatoms. The fourth-order valence-electron chi connectivity index (χ4n) is 4.57. The van der Waals surface area contributed by atoms with Crippen molar-refractivity contribution in [2.45, 2.75) is 33.1 Å². The molecule has 1 saturated heterocycles. The molecular formula is C27H38N6O2.